The summed E-state index contributed by atoms with van der Waals surface area (Å²) >= 11 is 11.8. The molecule has 1 fully saturated rings. The molecule has 0 unspecified atom stereocenters. The molecular formula is C14H13Cl2NO3. The molecule has 1 saturated carbocycles. The minimum Gasteiger partial charge on any atom is -0.480 e. The van der Waals surface area contributed by atoms with Crippen molar-refractivity contribution < 1.29 is 14.7 Å². The Hall–Kier alpha value is -1.52. The van der Waals surface area contributed by atoms with E-state index in [1.54, 1.807) is 24.3 Å². The number of halogens is 2. The molecule has 6 heteroatoms. The standard InChI is InChI=1S/C14H13Cl2NO3/c15-10-3-1-9(12(16)7-10)2-6-13(18)17(8-14(19)20)11-4-5-11/h1-3,6-7,11H,4-5,8H2,(H,19,20). The van der Waals surface area contributed by atoms with Crippen LogP contribution < -0.4 is 0 Å². The number of carbonyl (C=O) groups excluding carboxylic acids is 1. The van der Waals surface area contributed by atoms with E-state index < -0.39 is 5.97 Å². The average molecular weight is 314 g/mol. The zero-order valence-electron chi connectivity index (χ0n) is 10.6. The van der Waals surface area contributed by atoms with Crippen molar-refractivity contribution in [3.8, 4) is 0 Å². The van der Waals surface area contributed by atoms with Gasteiger partial charge in [0.05, 0.1) is 0 Å². The van der Waals surface area contributed by atoms with Gasteiger partial charge in [-0.2, -0.15) is 0 Å². The fraction of sp³-hybridized carbons (Fsp3) is 0.286. The summed E-state index contributed by atoms with van der Waals surface area (Å²) in [7, 11) is 0. The van der Waals surface area contributed by atoms with Gasteiger partial charge in [0.1, 0.15) is 6.54 Å². The molecule has 0 saturated heterocycles. The third kappa shape index (κ3) is 3.99. The van der Waals surface area contributed by atoms with Crippen molar-refractivity contribution in [2.24, 2.45) is 0 Å². The highest BCUT2D eigenvalue weighted by molar-refractivity contribution is 6.35. The van der Waals surface area contributed by atoms with E-state index >= 15 is 0 Å². The normalized spacial score (nSPS) is 14.5. The van der Waals surface area contributed by atoms with Gasteiger partial charge in [-0.05, 0) is 36.6 Å². The fourth-order valence-corrected chi connectivity index (χ4v) is 2.28. The number of nitrogens with zero attached hydrogens (tertiary/aromatic N) is 1. The number of hydrogen-bond donors (Lipinski definition) is 1. The summed E-state index contributed by atoms with van der Waals surface area (Å²) in [5.41, 5.74) is 0.662. The molecule has 106 valence electrons. The third-order valence-corrected chi connectivity index (χ3v) is 3.51. The van der Waals surface area contributed by atoms with Gasteiger partial charge in [0, 0.05) is 22.2 Å². The molecular weight excluding hydrogens is 301 g/mol. The van der Waals surface area contributed by atoms with Crippen molar-refractivity contribution in [1.29, 1.82) is 0 Å². The van der Waals surface area contributed by atoms with Crippen molar-refractivity contribution in [1.82, 2.24) is 4.90 Å². The molecule has 1 aromatic rings. The first-order valence-corrected chi connectivity index (χ1v) is 6.88. The van der Waals surface area contributed by atoms with Gasteiger partial charge in [-0.3, -0.25) is 9.59 Å². The quantitative estimate of drug-likeness (QED) is 0.850. The summed E-state index contributed by atoms with van der Waals surface area (Å²) in [6.07, 6.45) is 4.62. The lowest BCUT2D eigenvalue weighted by molar-refractivity contribution is -0.143. The highest BCUT2D eigenvalue weighted by Crippen LogP contribution is 2.27. The van der Waals surface area contributed by atoms with Crippen LogP contribution in [0, 0.1) is 0 Å². The van der Waals surface area contributed by atoms with Crippen LogP contribution in [0.1, 0.15) is 18.4 Å². The molecule has 0 bridgehead atoms. The van der Waals surface area contributed by atoms with Crippen LogP contribution in [0.4, 0.5) is 0 Å². The van der Waals surface area contributed by atoms with Crippen LogP contribution in [0.15, 0.2) is 24.3 Å². The van der Waals surface area contributed by atoms with E-state index in [0.29, 0.717) is 15.6 Å². The molecule has 1 N–H and O–H groups in total. The maximum atomic E-state index is 12.0. The van der Waals surface area contributed by atoms with Gasteiger partial charge in [0.15, 0.2) is 0 Å². The van der Waals surface area contributed by atoms with Crippen molar-refractivity contribution in [2.75, 3.05) is 6.54 Å². The summed E-state index contributed by atoms with van der Waals surface area (Å²) in [6, 6.07) is 5.01. The molecule has 0 radical (unpaired) electrons. The molecule has 1 aliphatic rings. The minimum absolute atomic E-state index is 0.0453. The third-order valence-electron chi connectivity index (χ3n) is 2.94. The van der Waals surface area contributed by atoms with Crippen LogP contribution in [0.25, 0.3) is 6.08 Å². The number of hydrogen-bond acceptors (Lipinski definition) is 2. The van der Waals surface area contributed by atoms with E-state index in [2.05, 4.69) is 0 Å². The number of carbonyl (C=O) groups is 2. The molecule has 0 spiro atoms. The Balaban J connectivity index is 2.08. The lowest BCUT2D eigenvalue weighted by Crippen LogP contribution is -2.36. The van der Waals surface area contributed by atoms with Gasteiger partial charge in [0.25, 0.3) is 0 Å². The summed E-state index contributed by atoms with van der Waals surface area (Å²) in [6.45, 7) is -0.276. The number of benzene rings is 1. The Morgan fingerprint density at radius 3 is 2.60 bits per heavy atom. The van der Waals surface area contributed by atoms with Crippen LogP contribution in [-0.4, -0.2) is 34.5 Å². The number of aliphatic carboxylic acids is 1. The Bertz CT molecular complexity index is 568. The molecule has 2 rings (SSSR count). The largest absolute Gasteiger partial charge is 0.480 e. The number of carboxylic acids is 1. The summed E-state index contributed by atoms with van der Waals surface area (Å²) in [5, 5.41) is 9.78. The van der Waals surface area contributed by atoms with E-state index in [-0.39, 0.29) is 18.5 Å². The van der Waals surface area contributed by atoms with Crippen molar-refractivity contribution in [2.45, 2.75) is 18.9 Å². The lowest BCUT2D eigenvalue weighted by Gasteiger charge is -2.17. The first-order chi connectivity index (χ1) is 9.47. The Morgan fingerprint density at radius 2 is 2.05 bits per heavy atom. The maximum absolute atomic E-state index is 12.0. The monoisotopic (exact) mass is 313 g/mol. The van der Waals surface area contributed by atoms with E-state index in [0.717, 1.165) is 12.8 Å². The minimum atomic E-state index is -1.01. The Morgan fingerprint density at radius 1 is 1.35 bits per heavy atom. The molecule has 0 heterocycles. The van der Waals surface area contributed by atoms with Crippen LogP contribution in [-0.2, 0) is 9.59 Å². The van der Waals surface area contributed by atoms with E-state index in [4.69, 9.17) is 28.3 Å². The SMILES string of the molecule is O=C(O)CN(C(=O)C=Cc1ccc(Cl)cc1Cl)C1CC1. The second-order valence-electron chi connectivity index (χ2n) is 4.59. The number of carboxylic acid groups (broad SMARTS) is 1. The maximum Gasteiger partial charge on any atom is 0.323 e. The van der Waals surface area contributed by atoms with Gasteiger partial charge in [-0.15, -0.1) is 0 Å². The molecule has 20 heavy (non-hydrogen) atoms. The summed E-state index contributed by atoms with van der Waals surface area (Å²) in [4.78, 5) is 24.1. The van der Waals surface area contributed by atoms with Gasteiger partial charge in [-0.25, -0.2) is 0 Å². The Kier molecular flexibility index (Phi) is 4.68. The first-order valence-electron chi connectivity index (χ1n) is 6.13. The van der Waals surface area contributed by atoms with Crippen LogP contribution in [0.5, 0.6) is 0 Å². The molecule has 0 aliphatic heterocycles. The zero-order chi connectivity index (χ0) is 14.7. The lowest BCUT2D eigenvalue weighted by atomic mass is 10.2. The summed E-state index contributed by atoms with van der Waals surface area (Å²) in [5.74, 6) is -1.33. The topological polar surface area (TPSA) is 57.6 Å². The smallest absolute Gasteiger partial charge is 0.323 e. The van der Waals surface area contributed by atoms with Crippen LogP contribution in [0.2, 0.25) is 10.0 Å². The highest BCUT2D eigenvalue weighted by atomic mass is 35.5. The van der Waals surface area contributed by atoms with Gasteiger partial charge < -0.3 is 10.0 Å². The fourth-order valence-electron chi connectivity index (χ4n) is 1.81. The van der Waals surface area contributed by atoms with Gasteiger partial charge in [-0.1, -0.05) is 29.3 Å². The predicted molar refractivity (Wildman–Crippen MR) is 77.9 cm³/mol. The molecule has 0 aromatic heterocycles. The molecule has 1 aliphatic carbocycles. The molecule has 1 aromatic carbocycles. The van der Waals surface area contributed by atoms with E-state index in [1.807, 2.05) is 0 Å². The number of amides is 1. The molecule has 1 amide bonds. The zero-order valence-corrected chi connectivity index (χ0v) is 12.1. The van der Waals surface area contributed by atoms with Crippen LogP contribution >= 0.6 is 23.2 Å². The van der Waals surface area contributed by atoms with E-state index in [1.165, 1.54) is 11.0 Å². The highest BCUT2D eigenvalue weighted by Gasteiger charge is 2.32. The average Bonchev–Trinajstić information content (AvgIpc) is 3.18. The van der Waals surface area contributed by atoms with Crippen molar-refractivity contribution >= 4 is 41.2 Å². The Labute approximate surface area is 126 Å². The van der Waals surface area contributed by atoms with E-state index in [9.17, 15) is 9.59 Å². The molecule has 4 nitrogen and oxygen atoms in total. The van der Waals surface area contributed by atoms with Gasteiger partial charge in [0.2, 0.25) is 5.91 Å². The van der Waals surface area contributed by atoms with Crippen LogP contribution in [0.3, 0.4) is 0 Å². The second-order valence-corrected chi connectivity index (χ2v) is 5.43. The number of rotatable bonds is 5. The van der Waals surface area contributed by atoms with Crippen molar-refractivity contribution in [3.63, 3.8) is 0 Å². The first kappa shape index (κ1) is 14.9. The van der Waals surface area contributed by atoms with Crippen molar-refractivity contribution in [3.05, 3.63) is 39.9 Å². The predicted octanol–water partition coefficient (Wildman–Crippen LogP) is 3.08. The molecule has 0 atom stereocenters. The summed E-state index contributed by atoms with van der Waals surface area (Å²) < 4.78 is 0. The second kappa shape index (κ2) is 6.29. The van der Waals surface area contributed by atoms with Gasteiger partial charge >= 0.3 is 5.97 Å².